The van der Waals surface area contributed by atoms with E-state index in [1.54, 1.807) is 12.4 Å². The third kappa shape index (κ3) is 3.41. The van der Waals surface area contributed by atoms with Crippen LogP contribution in [0, 0.1) is 0 Å². The van der Waals surface area contributed by atoms with Crippen molar-refractivity contribution in [2.45, 2.75) is 12.1 Å². The summed E-state index contributed by atoms with van der Waals surface area (Å²) in [5.74, 6) is 0.765. The van der Waals surface area contributed by atoms with Gasteiger partial charge in [-0.05, 0) is 48.6 Å². The average Bonchev–Trinajstić information content (AvgIpc) is 3.28. The number of nitrogens with one attached hydrogen (secondary N) is 1. The number of pyridine rings is 2. The van der Waals surface area contributed by atoms with E-state index in [2.05, 4.69) is 15.3 Å². The van der Waals surface area contributed by atoms with E-state index in [0.29, 0.717) is 16.7 Å². The van der Waals surface area contributed by atoms with Gasteiger partial charge < -0.3 is 19.9 Å². The standard InChI is InChI=1S/C19H18ClN5OS/c20-13-6-7-16(22-12-13)24-9-3-5-15(24)18-17(14-4-1-2-8-21-14)23-19(27)25(18)10-11-26/h1-9,12,17-18,26H,10-11H2,(H,23,27)/t17-,18-/m1/s1. The zero-order valence-electron chi connectivity index (χ0n) is 14.4. The van der Waals surface area contributed by atoms with E-state index in [1.807, 2.05) is 58.1 Å². The first kappa shape index (κ1) is 17.9. The molecule has 0 amide bonds. The summed E-state index contributed by atoms with van der Waals surface area (Å²) in [6, 6.07) is 13.3. The molecular formula is C19H18ClN5OS. The Hall–Kier alpha value is -2.48. The van der Waals surface area contributed by atoms with Gasteiger partial charge in [0, 0.05) is 30.8 Å². The van der Waals surface area contributed by atoms with Crippen LogP contribution < -0.4 is 5.32 Å². The third-order valence-corrected chi connectivity index (χ3v) is 5.16. The Labute approximate surface area is 167 Å². The van der Waals surface area contributed by atoms with Crippen LogP contribution in [0.25, 0.3) is 5.82 Å². The van der Waals surface area contributed by atoms with Gasteiger partial charge in [0.1, 0.15) is 5.82 Å². The fourth-order valence-electron chi connectivity index (χ4n) is 3.43. The molecule has 0 saturated carbocycles. The Morgan fingerprint density at radius 3 is 2.74 bits per heavy atom. The van der Waals surface area contributed by atoms with Gasteiger partial charge in [-0.15, -0.1) is 0 Å². The second kappa shape index (κ2) is 7.64. The molecule has 0 spiro atoms. The minimum absolute atomic E-state index is 0.00710. The summed E-state index contributed by atoms with van der Waals surface area (Å²) in [7, 11) is 0. The van der Waals surface area contributed by atoms with Gasteiger partial charge in [-0.2, -0.15) is 0 Å². The molecule has 3 aromatic rings. The van der Waals surface area contributed by atoms with Crippen molar-refractivity contribution in [3.05, 3.63) is 77.5 Å². The number of aliphatic hydroxyl groups is 1. The van der Waals surface area contributed by atoms with E-state index in [0.717, 1.165) is 17.2 Å². The second-order valence-electron chi connectivity index (χ2n) is 6.18. The summed E-state index contributed by atoms with van der Waals surface area (Å²) in [4.78, 5) is 10.9. The molecule has 2 atom stereocenters. The van der Waals surface area contributed by atoms with Gasteiger partial charge in [0.25, 0.3) is 0 Å². The molecule has 3 aromatic heterocycles. The summed E-state index contributed by atoms with van der Waals surface area (Å²) in [5, 5.41) is 14.1. The van der Waals surface area contributed by atoms with Gasteiger partial charge >= 0.3 is 0 Å². The van der Waals surface area contributed by atoms with Crippen LogP contribution in [0.4, 0.5) is 0 Å². The lowest BCUT2D eigenvalue weighted by atomic mass is 10.0. The molecular weight excluding hydrogens is 382 g/mol. The van der Waals surface area contributed by atoms with Gasteiger partial charge in [-0.3, -0.25) is 4.98 Å². The number of hydrogen-bond acceptors (Lipinski definition) is 4. The molecule has 1 aliphatic heterocycles. The molecule has 2 N–H and O–H groups in total. The van der Waals surface area contributed by atoms with Crippen molar-refractivity contribution in [2.24, 2.45) is 0 Å². The normalized spacial score (nSPS) is 19.3. The minimum atomic E-state index is -0.133. The number of thiocarbonyl (C=S) groups is 1. The monoisotopic (exact) mass is 399 g/mol. The smallest absolute Gasteiger partial charge is 0.170 e. The Morgan fingerprint density at radius 1 is 1.15 bits per heavy atom. The molecule has 1 saturated heterocycles. The van der Waals surface area contributed by atoms with E-state index < -0.39 is 0 Å². The average molecular weight is 400 g/mol. The first-order valence-electron chi connectivity index (χ1n) is 8.57. The molecule has 4 rings (SSSR count). The molecule has 0 radical (unpaired) electrons. The van der Waals surface area contributed by atoms with Gasteiger partial charge in [-0.1, -0.05) is 17.7 Å². The lowest BCUT2D eigenvalue weighted by molar-refractivity contribution is 0.220. The molecule has 4 heterocycles. The Balaban J connectivity index is 1.80. The number of β-amino-alcohol motifs (C(OH)–C–C–N with tert-alkyl or cyclic N) is 1. The summed E-state index contributed by atoms with van der Waals surface area (Å²) in [6.45, 7) is 0.437. The van der Waals surface area contributed by atoms with Crippen molar-refractivity contribution in [3.8, 4) is 5.82 Å². The first-order valence-corrected chi connectivity index (χ1v) is 9.36. The van der Waals surface area contributed by atoms with Crippen molar-refractivity contribution in [1.29, 1.82) is 0 Å². The number of aliphatic hydroxyl groups excluding tert-OH is 1. The number of rotatable bonds is 5. The van der Waals surface area contributed by atoms with Crippen LogP contribution in [-0.4, -0.2) is 42.8 Å². The molecule has 0 aromatic carbocycles. The molecule has 138 valence electrons. The first-order chi connectivity index (χ1) is 13.2. The van der Waals surface area contributed by atoms with E-state index in [1.165, 1.54) is 0 Å². The summed E-state index contributed by atoms with van der Waals surface area (Å²) >= 11 is 11.5. The SMILES string of the molecule is OCCN1C(=S)N[C@H](c2ccccn2)[C@H]1c1cccn1-c1ccc(Cl)cn1. The molecule has 8 heteroatoms. The fourth-order valence-corrected chi connectivity index (χ4v) is 3.87. The van der Waals surface area contributed by atoms with Crippen molar-refractivity contribution in [3.63, 3.8) is 0 Å². The van der Waals surface area contributed by atoms with Crippen LogP contribution in [0.5, 0.6) is 0 Å². The second-order valence-corrected chi connectivity index (χ2v) is 7.00. The number of nitrogens with zero attached hydrogens (tertiary/aromatic N) is 4. The van der Waals surface area contributed by atoms with Crippen LogP contribution in [0.1, 0.15) is 23.5 Å². The lowest BCUT2D eigenvalue weighted by Crippen LogP contribution is -2.33. The zero-order valence-corrected chi connectivity index (χ0v) is 15.9. The van der Waals surface area contributed by atoms with Crippen LogP contribution >= 0.6 is 23.8 Å². The van der Waals surface area contributed by atoms with Crippen LogP contribution in [0.2, 0.25) is 5.02 Å². The molecule has 0 aliphatic carbocycles. The van der Waals surface area contributed by atoms with Crippen molar-refractivity contribution in [1.82, 2.24) is 24.8 Å². The van der Waals surface area contributed by atoms with Crippen molar-refractivity contribution < 1.29 is 5.11 Å². The molecule has 27 heavy (non-hydrogen) atoms. The highest BCUT2D eigenvalue weighted by Gasteiger charge is 2.40. The summed E-state index contributed by atoms with van der Waals surface area (Å²) < 4.78 is 2.01. The number of aromatic nitrogens is 3. The van der Waals surface area contributed by atoms with Gasteiger partial charge in [0.2, 0.25) is 0 Å². The maximum absolute atomic E-state index is 9.55. The van der Waals surface area contributed by atoms with Gasteiger partial charge in [0.15, 0.2) is 5.11 Å². The zero-order chi connectivity index (χ0) is 18.8. The largest absolute Gasteiger partial charge is 0.395 e. The fraction of sp³-hybridized carbons (Fsp3) is 0.211. The Morgan fingerprint density at radius 2 is 2.04 bits per heavy atom. The van der Waals surface area contributed by atoms with E-state index in [9.17, 15) is 5.11 Å². The maximum Gasteiger partial charge on any atom is 0.170 e. The molecule has 0 unspecified atom stereocenters. The summed E-state index contributed by atoms with van der Waals surface area (Å²) in [5.41, 5.74) is 1.89. The van der Waals surface area contributed by atoms with Crippen LogP contribution in [0.15, 0.2) is 61.1 Å². The van der Waals surface area contributed by atoms with Crippen molar-refractivity contribution in [2.75, 3.05) is 13.2 Å². The molecule has 0 bridgehead atoms. The topological polar surface area (TPSA) is 66.2 Å². The third-order valence-electron chi connectivity index (χ3n) is 4.58. The number of halogens is 1. The molecule has 1 fully saturated rings. The predicted molar refractivity (Wildman–Crippen MR) is 108 cm³/mol. The van der Waals surface area contributed by atoms with Crippen LogP contribution in [-0.2, 0) is 0 Å². The lowest BCUT2D eigenvalue weighted by Gasteiger charge is -2.28. The number of hydrogen-bond donors (Lipinski definition) is 2. The molecule has 1 aliphatic rings. The van der Waals surface area contributed by atoms with Crippen LogP contribution in [0.3, 0.4) is 0 Å². The minimum Gasteiger partial charge on any atom is -0.395 e. The highest BCUT2D eigenvalue weighted by Crippen LogP contribution is 2.39. The van der Waals surface area contributed by atoms with Gasteiger partial charge in [0.05, 0.1) is 29.4 Å². The quantitative estimate of drug-likeness (QED) is 0.643. The predicted octanol–water partition coefficient (Wildman–Crippen LogP) is 2.89. The van der Waals surface area contributed by atoms with E-state index in [4.69, 9.17) is 23.8 Å². The Bertz CT molecular complexity index is 931. The van der Waals surface area contributed by atoms with Gasteiger partial charge in [-0.25, -0.2) is 4.98 Å². The highest BCUT2D eigenvalue weighted by molar-refractivity contribution is 7.80. The van der Waals surface area contributed by atoms with Crippen molar-refractivity contribution >= 4 is 28.9 Å². The molecule has 6 nitrogen and oxygen atoms in total. The van der Waals surface area contributed by atoms with E-state index >= 15 is 0 Å². The highest BCUT2D eigenvalue weighted by atomic mass is 35.5. The Kier molecular flexibility index (Phi) is 5.07. The summed E-state index contributed by atoms with van der Waals surface area (Å²) in [6.07, 6.45) is 5.35. The maximum atomic E-state index is 9.55. The van der Waals surface area contributed by atoms with E-state index in [-0.39, 0.29) is 18.7 Å².